The molecule has 0 bridgehead atoms. The molecular formula is C17H22Cl2N2O2S. The van der Waals surface area contributed by atoms with Crippen LogP contribution in [0, 0.1) is 11.3 Å². The number of thiazole rings is 1. The van der Waals surface area contributed by atoms with E-state index in [1.54, 1.807) is 0 Å². The third-order valence-corrected chi connectivity index (χ3v) is 4.09. The van der Waals surface area contributed by atoms with Gasteiger partial charge in [0.2, 0.25) is 5.90 Å². The summed E-state index contributed by atoms with van der Waals surface area (Å²) >= 11 is 7.62. The molecule has 0 fully saturated rings. The molecule has 2 rings (SSSR count). The van der Waals surface area contributed by atoms with Gasteiger partial charge in [0.25, 0.3) is 0 Å². The number of rotatable bonds is 7. The molecule has 1 aromatic heterocycles. The van der Waals surface area contributed by atoms with Gasteiger partial charge in [-0.1, -0.05) is 25.4 Å². The van der Waals surface area contributed by atoms with Gasteiger partial charge < -0.3 is 9.47 Å². The molecule has 0 atom stereocenters. The third-order valence-electron chi connectivity index (χ3n) is 3.01. The minimum atomic E-state index is 0. The number of ether oxygens (including phenoxy) is 2. The van der Waals surface area contributed by atoms with Crippen molar-refractivity contribution in [3.05, 3.63) is 44.9 Å². The number of halogens is 2. The number of aromatic nitrogens is 1. The van der Waals surface area contributed by atoms with Gasteiger partial charge in [-0.2, -0.15) is 0 Å². The van der Waals surface area contributed by atoms with Crippen LogP contribution in [0.5, 0.6) is 5.75 Å². The molecule has 132 valence electrons. The summed E-state index contributed by atoms with van der Waals surface area (Å²) in [4.78, 5) is 4.46. The largest absolute Gasteiger partial charge is 0.493 e. The van der Waals surface area contributed by atoms with E-state index in [0.717, 1.165) is 16.3 Å². The van der Waals surface area contributed by atoms with Gasteiger partial charge >= 0.3 is 0 Å². The molecule has 24 heavy (non-hydrogen) atoms. The Balaban J connectivity index is 0.00000288. The van der Waals surface area contributed by atoms with E-state index in [-0.39, 0.29) is 18.3 Å². The SMILES string of the molecule is CCOC(=N)c1csc(Cc2cc(Cl)ccc2OCC(C)C)n1.Cl. The highest BCUT2D eigenvalue weighted by atomic mass is 35.5. The van der Waals surface area contributed by atoms with E-state index in [4.69, 9.17) is 26.5 Å². The lowest BCUT2D eigenvalue weighted by Crippen LogP contribution is -2.07. The maximum Gasteiger partial charge on any atom is 0.233 e. The highest BCUT2D eigenvalue weighted by Gasteiger charge is 2.12. The fourth-order valence-corrected chi connectivity index (χ4v) is 2.95. The van der Waals surface area contributed by atoms with Crippen molar-refractivity contribution in [2.24, 2.45) is 5.92 Å². The molecule has 0 aliphatic heterocycles. The van der Waals surface area contributed by atoms with Gasteiger partial charge in [-0.05, 0) is 31.0 Å². The Hall–Kier alpha value is -1.30. The molecule has 0 aliphatic rings. The molecule has 1 heterocycles. The topological polar surface area (TPSA) is 55.2 Å². The quantitative estimate of drug-likeness (QED) is 0.523. The van der Waals surface area contributed by atoms with E-state index in [1.165, 1.54) is 11.3 Å². The van der Waals surface area contributed by atoms with Crippen LogP contribution < -0.4 is 4.74 Å². The van der Waals surface area contributed by atoms with Crippen molar-refractivity contribution in [2.75, 3.05) is 13.2 Å². The van der Waals surface area contributed by atoms with Crippen LogP contribution in [0.4, 0.5) is 0 Å². The zero-order chi connectivity index (χ0) is 16.8. The fourth-order valence-electron chi connectivity index (χ4n) is 1.96. The van der Waals surface area contributed by atoms with E-state index in [2.05, 4.69) is 18.8 Å². The van der Waals surface area contributed by atoms with Crippen molar-refractivity contribution in [1.29, 1.82) is 5.41 Å². The molecule has 0 unspecified atom stereocenters. The molecule has 0 aliphatic carbocycles. The van der Waals surface area contributed by atoms with Crippen molar-refractivity contribution >= 4 is 41.2 Å². The van der Waals surface area contributed by atoms with Crippen molar-refractivity contribution in [3.63, 3.8) is 0 Å². The lowest BCUT2D eigenvalue weighted by molar-refractivity contribution is 0.269. The van der Waals surface area contributed by atoms with Crippen LogP contribution >= 0.6 is 35.3 Å². The average molecular weight is 389 g/mol. The molecule has 1 N–H and O–H groups in total. The second-order valence-electron chi connectivity index (χ2n) is 5.52. The Morgan fingerprint density at radius 2 is 2.12 bits per heavy atom. The van der Waals surface area contributed by atoms with Crippen LogP contribution in [0.2, 0.25) is 5.02 Å². The van der Waals surface area contributed by atoms with Gasteiger partial charge in [-0.25, -0.2) is 4.98 Å². The Morgan fingerprint density at radius 3 is 2.79 bits per heavy atom. The number of nitrogens with one attached hydrogen (secondary N) is 1. The van der Waals surface area contributed by atoms with E-state index in [1.807, 2.05) is 30.5 Å². The molecule has 0 amide bonds. The minimum absolute atomic E-state index is 0. The Labute approximate surface area is 158 Å². The van der Waals surface area contributed by atoms with Gasteiger partial charge in [0.05, 0.1) is 18.2 Å². The van der Waals surface area contributed by atoms with Crippen LogP contribution in [-0.4, -0.2) is 24.1 Å². The standard InChI is InChI=1S/C17H21ClN2O2S.ClH/c1-4-21-17(19)14-10-23-16(20-14)8-12-7-13(18)5-6-15(12)22-9-11(2)3;/h5-7,10-11,19H,4,8-9H2,1-3H3;1H. The minimum Gasteiger partial charge on any atom is -0.493 e. The molecule has 0 saturated carbocycles. The summed E-state index contributed by atoms with van der Waals surface area (Å²) in [6.45, 7) is 7.20. The molecule has 0 radical (unpaired) electrons. The Kier molecular flexibility index (Phi) is 8.53. The lowest BCUT2D eigenvalue weighted by atomic mass is 10.1. The first kappa shape index (κ1) is 20.7. The van der Waals surface area contributed by atoms with Crippen molar-refractivity contribution < 1.29 is 9.47 Å². The Bertz CT molecular complexity index is 674. The van der Waals surface area contributed by atoms with Crippen LogP contribution in [0.15, 0.2) is 23.6 Å². The molecule has 0 spiro atoms. The fraction of sp³-hybridized carbons (Fsp3) is 0.412. The van der Waals surface area contributed by atoms with Crippen molar-refractivity contribution in [1.82, 2.24) is 4.98 Å². The first-order valence-electron chi connectivity index (χ1n) is 7.57. The summed E-state index contributed by atoms with van der Waals surface area (Å²) in [7, 11) is 0. The van der Waals surface area contributed by atoms with Gasteiger partial charge in [-0.15, -0.1) is 23.7 Å². The van der Waals surface area contributed by atoms with Crippen molar-refractivity contribution in [3.8, 4) is 5.75 Å². The zero-order valence-electron chi connectivity index (χ0n) is 14.0. The maximum absolute atomic E-state index is 7.79. The predicted octanol–water partition coefficient (Wildman–Crippen LogP) is 5.21. The normalized spacial score (nSPS) is 10.4. The first-order chi connectivity index (χ1) is 11.0. The molecule has 7 heteroatoms. The van der Waals surface area contributed by atoms with Gasteiger partial charge in [0.15, 0.2) is 0 Å². The summed E-state index contributed by atoms with van der Waals surface area (Å²) < 4.78 is 11.1. The summed E-state index contributed by atoms with van der Waals surface area (Å²) in [6, 6.07) is 5.64. The van der Waals surface area contributed by atoms with E-state index in [0.29, 0.717) is 36.3 Å². The molecule has 4 nitrogen and oxygen atoms in total. The smallest absolute Gasteiger partial charge is 0.233 e. The lowest BCUT2D eigenvalue weighted by Gasteiger charge is -2.13. The van der Waals surface area contributed by atoms with Gasteiger partial charge in [-0.3, -0.25) is 5.41 Å². The Morgan fingerprint density at radius 1 is 1.38 bits per heavy atom. The van der Waals surface area contributed by atoms with Gasteiger partial charge in [0.1, 0.15) is 11.4 Å². The number of hydrogen-bond donors (Lipinski definition) is 1. The number of hydrogen-bond acceptors (Lipinski definition) is 5. The van der Waals surface area contributed by atoms with Crippen molar-refractivity contribution in [2.45, 2.75) is 27.2 Å². The first-order valence-corrected chi connectivity index (χ1v) is 8.82. The van der Waals surface area contributed by atoms with E-state index in [9.17, 15) is 0 Å². The average Bonchev–Trinajstić information content (AvgIpc) is 2.95. The van der Waals surface area contributed by atoms with Gasteiger partial charge in [0, 0.05) is 22.4 Å². The van der Waals surface area contributed by atoms with E-state index >= 15 is 0 Å². The highest BCUT2D eigenvalue weighted by Crippen LogP contribution is 2.27. The molecule has 1 aromatic carbocycles. The summed E-state index contributed by atoms with van der Waals surface area (Å²) in [5, 5.41) is 11.2. The number of benzene rings is 1. The second-order valence-corrected chi connectivity index (χ2v) is 6.90. The second kappa shape index (κ2) is 9.87. The summed E-state index contributed by atoms with van der Waals surface area (Å²) in [5.41, 5.74) is 1.57. The van der Waals surface area contributed by atoms with Crippen LogP contribution in [0.3, 0.4) is 0 Å². The number of nitrogens with zero attached hydrogens (tertiary/aromatic N) is 1. The highest BCUT2D eigenvalue weighted by molar-refractivity contribution is 7.09. The monoisotopic (exact) mass is 388 g/mol. The molecular weight excluding hydrogens is 367 g/mol. The molecule has 0 saturated heterocycles. The zero-order valence-corrected chi connectivity index (χ0v) is 16.4. The maximum atomic E-state index is 7.79. The molecule has 2 aromatic rings. The van der Waals surface area contributed by atoms with Crippen LogP contribution in [0.25, 0.3) is 0 Å². The predicted molar refractivity (Wildman–Crippen MR) is 102 cm³/mol. The van der Waals surface area contributed by atoms with Crippen LogP contribution in [0.1, 0.15) is 37.0 Å². The summed E-state index contributed by atoms with van der Waals surface area (Å²) in [5.74, 6) is 1.40. The van der Waals surface area contributed by atoms with Crippen LogP contribution in [-0.2, 0) is 11.2 Å². The third kappa shape index (κ3) is 5.96. The summed E-state index contributed by atoms with van der Waals surface area (Å²) in [6.07, 6.45) is 0.623. The van der Waals surface area contributed by atoms with E-state index < -0.39 is 0 Å².